The zero-order chi connectivity index (χ0) is 19.6. The summed E-state index contributed by atoms with van der Waals surface area (Å²) in [6.07, 6.45) is -0.847. The summed E-state index contributed by atoms with van der Waals surface area (Å²) in [4.78, 5) is 16.7. The van der Waals surface area contributed by atoms with Crippen molar-refractivity contribution in [2.24, 2.45) is 5.92 Å². The van der Waals surface area contributed by atoms with Gasteiger partial charge < -0.3 is 10.0 Å². The highest BCUT2D eigenvalue weighted by Gasteiger charge is 2.40. The molecular formula is C21H23BrN2O2S. The predicted molar refractivity (Wildman–Crippen MR) is 116 cm³/mol. The number of rotatable bonds is 5. The normalized spacial score (nSPS) is 18.3. The Hall–Kier alpha value is -1.76. The van der Waals surface area contributed by atoms with Crippen LogP contribution in [0.5, 0.6) is 0 Å². The van der Waals surface area contributed by atoms with Crippen LogP contribution in [0.15, 0.2) is 59.1 Å². The number of carbonyl (C=O) groups excluding carboxylic acids is 1. The van der Waals surface area contributed by atoms with Crippen LogP contribution in [-0.2, 0) is 4.79 Å². The fourth-order valence-electron chi connectivity index (χ4n) is 3.31. The first-order chi connectivity index (χ1) is 12.9. The summed E-state index contributed by atoms with van der Waals surface area (Å²) >= 11 is 9.03. The standard InChI is InChI=1S/C21H23BrN2O2S/c1-14(2)18-13-23(17-6-4-3-5-7-17)21(27)24(18)20(26)12-19(25)15-8-10-16(22)11-9-15/h3-11,14,18-19,25H,12-13H2,1-2H3/t18-,19-/m1/s1. The fourth-order valence-corrected chi connectivity index (χ4v) is 3.99. The largest absolute Gasteiger partial charge is 0.388 e. The highest BCUT2D eigenvalue weighted by molar-refractivity contribution is 9.10. The highest BCUT2D eigenvalue weighted by Crippen LogP contribution is 2.30. The smallest absolute Gasteiger partial charge is 0.232 e. The van der Waals surface area contributed by atoms with Crippen molar-refractivity contribution in [3.05, 3.63) is 64.6 Å². The molecule has 4 nitrogen and oxygen atoms in total. The average Bonchev–Trinajstić information content (AvgIpc) is 3.00. The molecule has 1 heterocycles. The van der Waals surface area contributed by atoms with Crippen LogP contribution in [0.3, 0.4) is 0 Å². The molecule has 1 aliphatic rings. The van der Waals surface area contributed by atoms with Crippen molar-refractivity contribution in [1.82, 2.24) is 4.90 Å². The fraction of sp³-hybridized carbons (Fsp3) is 0.333. The second-order valence-electron chi connectivity index (χ2n) is 7.08. The van der Waals surface area contributed by atoms with Crippen LogP contribution in [0.2, 0.25) is 0 Å². The Morgan fingerprint density at radius 3 is 2.41 bits per heavy atom. The molecule has 1 amide bonds. The number of hydrogen-bond donors (Lipinski definition) is 1. The van der Waals surface area contributed by atoms with Crippen LogP contribution in [0, 0.1) is 5.92 Å². The van der Waals surface area contributed by atoms with E-state index in [4.69, 9.17) is 12.2 Å². The molecular weight excluding hydrogens is 424 g/mol. The molecule has 1 saturated heterocycles. The third-order valence-electron chi connectivity index (χ3n) is 4.87. The quantitative estimate of drug-likeness (QED) is 0.685. The maximum absolute atomic E-state index is 13.0. The minimum atomic E-state index is -0.855. The van der Waals surface area contributed by atoms with Crippen LogP contribution < -0.4 is 4.90 Å². The van der Waals surface area contributed by atoms with Gasteiger partial charge in [0, 0.05) is 16.7 Å². The number of benzene rings is 2. The number of aliphatic hydroxyl groups excluding tert-OH is 1. The van der Waals surface area contributed by atoms with Crippen LogP contribution in [-0.4, -0.2) is 33.6 Å². The maximum atomic E-state index is 13.0. The van der Waals surface area contributed by atoms with Gasteiger partial charge in [-0.1, -0.05) is 60.1 Å². The molecule has 0 unspecified atom stereocenters. The lowest BCUT2D eigenvalue weighted by atomic mass is 10.0. The third-order valence-corrected chi connectivity index (χ3v) is 5.81. The van der Waals surface area contributed by atoms with Gasteiger partial charge in [-0.05, 0) is 48.0 Å². The monoisotopic (exact) mass is 446 g/mol. The molecule has 6 heteroatoms. The molecule has 142 valence electrons. The van der Waals surface area contributed by atoms with Gasteiger partial charge in [-0.3, -0.25) is 9.69 Å². The summed E-state index contributed by atoms with van der Waals surface area (Å²) in [5, 5.41) is 11.0. The number of hydrogen-bond acceptors (Lipinski definition) is 3. The molecule has 2 aromatic carbocycles. The molecule has 0 bridgehead atoms. The van der Waals surface area contributed by atoms with Gasteiger partial charge in [0.25, 0.3) is 0 Å². The Bertz CT molecular complexity index is 811. The van der Waals surface area contributed by atoms with Crippen LogP contribution in [0.25, 0.3) is 0 Å². The van der Waals surface area contributed by atoms with Crippen LogP contribution >= 0.6 is 28.1 Å². The molecule has 0 saturated carbocycles. The molecule has 3 rings (SSSR count). The molecule has 2 atom stereocenters. The Morgan fingerprint density at radius 1 is 1.19 bits per heavy atom. The summed E-state index contributed by atoms with van der Waals surface area (Å²) < 4.78 is 0.934. The van der Waals surface area contributed by atoms with E-state index < -0.39 is 6.10 Å². The van der Waals surface area contributed by atoms with E-state index in [0.717, 1.165) is 15.7 Å². The summed E-state index contributed by atoms with van der Waals surface area (Å²) in [5.74, 6) is 0.109. The van der Waals surface area contributed by atoms with E-state index in [9.17, 15) is 9.90 Å². The summed E-state index contributed by atoms with van der Waals surface area (Å²) in [5.41, 5.74) is 1.70. The Morgan fingerprint density at radius 2 is 1.81 bits per heavy atom. The van der Waals surface area contributed by atoms with E-state index in [1.807, 2.05) is 59.5 Å². The molecule has 1 N–H and O–H groups in total. The minimum Gasteiger partial charge on any atom is -0.388 e. The van der Waals surface area contributed by atoms with Gasteiger partial charge in [-0.25, -0.2) is 0 Å². The summed E-state index contributed by atoms with van der Waals surface area (Å²) in [6.45, 7) is 4.85. The van der Waals surface area contributed by atoms with E-state index in [0.29, 0.717) is 11.7 Å². The number of thiocarbonyl (C=S) groups is 1. The molecule has 0 aromatic heterocycles. The Kier molecular flexibility index (Phi) is 6.29. The topological polar surface area (TPSA) is 43.8 Å². The van der Waals surface area contributed by atoms with Gasteiger partial charge in [0.15, 0.2) is 5.11 Å². The third kappa shape index (κ3) is 4.39. The van der Waals surface area contributed by atoms with Crippen molar-refractivity contribution in [1.29, 1.82) is 0 Å². The zero-order valence-corrected chi connectivity index (χ0v) is 17.8. The van der Waals surface area contributed by atoms with Crippen molar-refractivity contribution in [2.75, 3.05) is 11.4 Å². The van der Waals surface area contributed by atoms with Gasteiger partial charge in [0.2, 0.25) is 5.91 Å². The molecule has 0 aliphatic carbocycles. The molecule has 2 aromatic rings. The highest BCUT2D eigenvalue weighted by atomic mass is 79.9. The number of carbonyl (C=O) groups is 1. The number of halogens is 1. The lowest BCUT2D eigenvalue weighted by Gasteiger charge is -2.27. The van der Waals surface area contributed by atoms with Gasteiger partial charge in [0.05, 0.1) is 18.6 Å². The van der Waals surface area contributed by atoms with E-state index in [1.165, 1.54) is 0 Å². The lowest BCUT2D eigenvalue weighted by molar-refractivity contribution is -0.131. The lowest BCUT2D eigenvalue weighted by Crippen LogP contribution is -2.42. The zero-order valence-electron chi connectivity index (χ0n) is 15.4. The predicted octanol–water partition coefficient (Wildman–Crippen LogP) is 4.53. The number of para-hydroxylation sites is 1. The SMILES string of the molecule is CC(C)[C@H]1CN(c2ccccc2)C(=S)N1C(=O)C[C@@H](O)c1ccc(Br)cc1. The van der Waals surface area contributed by atoms with E-state index in [-0.39, 0.29) is 24.3 Å². The number of anilines is 1. The number of nitrogens with zero attached hydrogens (tertiary/aromatic N) is 2. The maximum Gasteiger partial charge on any atom is 0.232 e. The molecule has 1 aliphatic heterocycles. The molecule has 1 fully saturated rings. The van der Waals surface area contributed by atoms with E-state index in [1.54, 1.807) is 4.90 Å². The first-order valence-corrected chi connectivity index (χ1v) is 10.2. The molecule has 0 spiro atoms. The van der Waals surface area contributed by atoms with Crippen LogP contribution in [0.1, 0.15) is 31.9 Å². The van der Waals surface area contributed by atoms with Crippen molar-refractivity contribution in [2.45, 2.75) is 32.4 Å². The number of amides is 1. The molecule has 0 radical (unpaired) electrons. The van der Waals surface area contributed by atoms with Crippen molar-refractivity contribution < 1.29 is 9.90 Å². The van der Waals surface area contributed by atoms with Gasteiger partial charge in [-0.2, -0.15) is 0 Å². The van der Waals surface area contributed by atoms with E-state index >= 15 is 0 Å². The Balaban J connectivity index is 1.79. The van der Waals surface area contributed by atoms with E-state index in [2.05, 4.69) is 29.8 Å². The second kappa shape index (κ2) is 8.50. The van der Waals surface area contributed by atoms with Gasteiger partial charge in [-0.15, -0.1) is 0 Å². The Labute approximate surface area is 173 Å². The van der Waals surface area contributed by atoms with Crippen LogP contribution in [0.4, 0.5) is 5.69 Å². The van der Waals surface area contributed by atoms with Crippen molar-refractivity contribution in [3.8, 4) is 0 Å². The summed E-state index contributed by atoms with van der Waals surface area (Å²) in [6, 6.07) is 17.2. The van der Waals surface area contributed by atoms with Gasteiger partial charge >= 0.3 is 0 Å². The average molecular weight is 447 g/mol. The van der Waals surface area contributed by atoms with Gasteiger partial charge in [0.1, 0.15) is 0 Å². The van der Waals surface area contributed by atoms with Crippen molar-refractivity contribution >= 4 is 44.9 Å². The van der Waals surface area contributed by atoms with Crippen molar-refractivity contribution in [3.63, 3.8) is 0 Å². The summed E-state index contributed by atoms with van der Waals surface area (Å²) in [7, 11) is 0. The number of aliphatic hydroxyl groups is 1. The minimum absolute atomic E-state index is 0.00756. The molecule has 27 heavy (non-hydrogen) atoms. The second-order valence-corrected chi connectivity index (χ2v) is 8.36. The first kappa shape index (κ1) is 20.0. The first-order valence-electron chi connectivity index (χ1n) is 9.00.